The van der Waals surface area contributed by atoms with Crippen LogP contribution in [0.25, 0.3) is 0 Å². The highest BCUT2D eigenvalue weighted by atomic mass is 19.3. The maximum atomic E-state index is 12.5. The van der Waals surface area contributed by atoms with E-state index in [1.54, 1.807) is 0 Å². The number of nitrogens with zero attached hydrogens (tertiary/aromatic N) is 1. The Hall–Kier alpha value is -0.220. The molecule has 0 aromatic rings. The van der Waals surface area contributed by atoms with Crippen LogP contribution < -0.4 is 5.32 Å². The first-order valence-corrected chi connectivity index (χ1v) is 6.74. The van der Waals surface area contributed by atoms with E-state index in [4.69, 9.17) is 0 Å². The van der Waals surface area contributed by atoms with Crippen molar-refractivity contribution in [1.29, 1.82) is 0 Å². The second-order valence-electron chi connectivity index (χ2n) is 5.26. The van der Waals surface area contributed by atoms with Crippen molar-refractivity contribution in [2.45, 2.75) is 57.5 Å². The summed E-state index contributed by atoms with van der Waals surface area (Å²) in [7, 11) is 3.77. The Morgan fingerprint density at radius 1 is 1.35 bits per heavy atom. The minimum atomic E-state index is -2.23. The summed E-state index contributed by atoms with van der Waals surface area (Å²) in [6.45, 7) is 2.09. The van der Waals surface area contributed by atoms with Crippen LogP contribution in [0.3, 0.4) is 0 Å². The van der Waals surface area contributed by atoms with E-state index in [-0.39, 0.29) is 12.6 Å². The lowest BCUT2D eigenvalue weighted by atomic mass is 9.79. The largest absolute Gasteiger partial charge is 0.315 e. The predicted octanol–water partition coefficient (Wildman–Crippen LogP) is 2.74. The zero-order valence-corrected chi connectivity index (χ0v) is 11.3. The van der Waals surface area contributed by atoms with Gasteiger partial charge in [0.25, 0.3) is 6.43 Å². The highest BCUT2D eigenvalue weighted by molar-refractivity contribution is 4.89. The van der Waals surface area contributed by atoms with Crippen LogP contribution in [0.15, 0.2) is 0 Å². The number of rotatable bonds is 6. The minimum absolute atomic E-state index is 0.109. The van der Waals surface area contributed by atoms with Crippen molar-refractivity contribution < 1.29 is 8.78 Å². The fourth-order valence-electron chi connectivity index (χ4n) is 3.08. The van der Waals surface area contributed by atoms with Gasteiger partial charge in [0.1, 0.15) is 0 Å². The van der Waals surface area contributed by atoms with Crippen LogP contribution in [0, 0.1) is 5.92 Å². The summed E-state index contributed by atoms with van der Waals surface area (Å²) in [5.74, 6) is 0.717. The zero-order chi connectivity index (χ0) is 12.8. The van der Waals surface area contributed by atoms with Crippen molar-refractivity contribution in [2.75, 3.05) is 20.6 Å². The molecule has 1 N–H and O–H groups in total. The topological polar surface area (TPSA) is 15.3 Å². The molecule has 4 heteroatoms. The SMILES string of the molecule is CCCC1CCC(NC)C(N(C)CC(F)F)C1. The molecule has 0 radical (unpaired) electrons. The van der Waals surface area contributed by atoms with Crippen molar-refractivity contribution in [3.8, 4) is 0 Å². The van der Waals surface area contributed by atoms with Gasteiger partial charge in [-0.3, -0.25) is 4.90 Å². The normalized spacial score (nSPS) is 30.2. The van der Waals surface area contributed by atoms with E-state index in [2.05, 4.69) is 12.2 Å². The first-order chi connectivity index (χ1) is 8.08. The van der Waals surface area contributed by atoms with E-state index in [1.165, 1.54) is 19.3 Å². The first kappa shape index (κ1) is 14.8. The molecule has 0 heterocycles. The molecule has 1 aliphatic carbocycles. The van der Waals surface area contributed by atoms with Crippen LogP contribution in [-0.4, -0.2) is 44.0 Å². The van der Waals surface area contributed by atoms with E-state index < -0.39 is 6.43 Å². The fraction of sp³-hybridized carbons (Fsp3) is 1.00. The molecule has 1 rings (SSSR count). The van der Waals surface area contributed by atoms with Crippen molar-refractivity contribution in [2.24, 2.45) is 5.92 Å². The molecule has 1 aliphatic rings. The van der Waals surface area contributed by atoms with Crippen molar-refractivity contribution >= 4 is 0 Å². The van der Waals surface area contributed by atoms with Crippen LogP contribution in [0.4, 0.5) is 8.78 Å². The van der Waals surface area contributed by atoms with Gasteiger partial charge in [-0.1, -0.05) is 19.8 Å². The van der Waals surface area contributed by atoms with E-state index in [1.807, 2.05) is 19.0 Å². The molecule has 1 saturated carbocycles. The lowest BCUT2D eigenvalue weighted by Gasteiger charge is -2.41. The molecule has 0 aromatic carbocycles. The predicted molar refractivity (Wildman–Crippen MR) is 67.5 cm³/mol. The maximum absolute atomic E-state index is 12.5. The highest BCUT2D eigenvalue weighted by Gasteiger charge is 2.32. The third-order valence-electron chi connectivity index (χ3n) is 3.99. The number of alkyl halides is 2. The summed E-state index contributed by atoms with van der Waals surface area (Å²) in [5, 5.41) is 3.28. The van der Waals surface area contributed by atoms with Crippen LogP contribution in [0.5, 0.6) is 0 Å². The summed E-state index contributed by atoms with van der Waals surface area (Å²) in [6, 6.07) is 0.631. The van der Waals surface area contributed by atoms with Gasteiger partial charge >= 0.3 is 0 Å². The van der Waals surface area contributed by atoms with Gasteiger partial charge in [-0.25, -0.2) is 8.78 Å². The summed E-state index contributed by atoms with van der Waals surface area (Å²) in [6.07, 6.45) is 3.60. The first-order valence-electron chi connectivity index (χ1n) is 6.74. The van der Waals surface area contributed by atoms with Gasteiger partial charge in [0.15, 0.2) is 0 Å². The van der Waals surface area contributed by atoms with Gasteiger partial charge in [0.05, 0.1) is 6.54 Å². The van der Waals surface area contributed by atoms with Gasteiger partial charge in [-0.2, -0.15) is 0 Å². The average Bonchev–Trinajstić information content (AvgIpc) is 2.28. The third-order valence-corrected chi connectivity index (χ3v) is 3.99. The second kappa shape index (κ2) is 7.27. The Morgan fingerprint density at radius 3 is 2.59 bits per heavy atom. The lowest BCUT2D eigenvalue weighted by molar-refractivity contribution is 0.0492. The third kappa shape index (κ3) is 4.51. The van der Waals surface area contributed by atoms with E-state index in [9.17, 15) is 8.78 Å². The van der Waals surface area contributed by atoms with Crippen LogP contribution >= 0.6 is 0 Å². The molecule has 17 heavy (non-hydrogen) atoms. The van der Waals surface area contributed by atoms with E-state index >= 15 is 0 Å². The van der Waals surface area contributed by atoms with Gasteiger partial charge in [0.2, 0.25) is 0 Å². The molecule has 3 unspecified atom stereocenters. The van der Waals surface area contributed by atoms with Crippen molar-refractivity contribution in [3.63, 3.8) is 0 Å². The Balaban J connectivity index is 2.55. The summed E-state index contributed by atoms with van der Waals surface area (Å²) in [5.41, 5.74) is 0. The molecule has 3 atom stereocenters. The number of nitrogens with one attached hydrogen (secondary N) is 1. The standard InChI is InChI=1S/C13H26F2N2/c1-4-5-10-6-7-11(16-2)12(8-10)17(3)9-13(14)15/h10-13,16H,4-9H2,1-3H3. The molecule has 0 bridgehead atoms. The number of hydrogen-bond acceptors (Lipinski definition) is 2. The van der Waals surface area contributed by atoms with Gasteiger partial charge < -0.3 is 5.32 Å². The molecule has 0 amide bonds. The van der Waals surface area contributed by atoms with E-state index in [0.717, 1.165) is 18.8 Å². The molecule has 0 spiro atoms. The molecule has 1 fully saturated rings. The lowest BCUT2D eigenvalue weighted by Crippen LogP contribution is -2.52. The van der Waals surface area contributed by atoms with Crippen LogP contribution in [0.2, 0.25) is 0 Å². The van der Waals surface area contributed by atoms with Crippen molar-refractivity contribution in [3.05, 3.63) is 0 Å². The summed E-state index contributed by atoms with van der Waals surface area (Å²) < 4.78 is 24.9. The molecule has 2 nitrogen and oxygen atoms in total. The Morgan fingerprint density at radius 2 is 2.06 bits per heavy atom. The smallest absolute Gasteiger partial charge is 0.251 e. The molecule has 102 valence electrons. The molecular weight excluding hydrogens is 222 g/mol. The molecule has 0 aliphatic heterocycles. The van der Waals surface area contributed by atoms with Crippen LogP contribution in [0.1, 0.15) is 39.0 Å². The zero-order valence-electron chi connectivity index (χ0n) is 11.3. The van der Waals surface area contributed by atoms with Gasteiger partial charge in [-0.05, 0) is 39.3 Å². The Labute approximate surface area is 104 Å². The number of likely N-dealkylation sites (N-methyl/N-ethyl adjacent to an activating group) is 2. The molecular formula is C13H26F2N2. The monoisotopic (exact) mass is 248 g/mol. The summed E-state index contributed by atoms with van der Waals surface area (Å²) in [4.78, 5) is 1.84. The van der Waals surface area contributed by atoms with Crippen molar-refractivity contribution in [1.82, 2.24) is 10.2 Å². The Bertz CT molecular complexity index is 212. The van der Waals surface area contributed by atoms with E-state index in [0.29, 0.717) is 6.04 Å². The highest BCUT2D eigenvalue weighted by Crippen LogP contribution is 2.30. The summed E-state index contributed by atoms with van der Waals surface area (Å²) >= 11 is 0. The number of hydrogen-bond donors (Lipinski definition) is 1. The quantitative estimate of drug-likeness (QED) is 0.777. The average molecular weight is 248 g/mol. The maximum Gasteiger partial charge on any atom is 0.251 e. The second-order valence-corrected chi connectivity index (χ2v) is 5.26. The van der Waals surface area contributed by atoms with Gasteiger partial charge in [0, 0.05) is 12.1 Å². The number of halogens is 2. The fourth-order valence-corrected chi connectivity index (χ4v) is 3.08. The van der Waals surface area contributed by atoms with Crippen LogP contribution in [-0.2, 0) is 0 Å². The minimum Gasteiger partial charge on any atom is -0.315 e. The molecule has 0 saturated heterocycles. The molecule has 0 aromatic heterocycles. The van der Waals surface area contributed by atoms with Gasteiger partial charge in [-0.15, -0.1) is 0 Å². The Kier molecular flexibility index (Phi) is 6.34.